The molecule has 3 rings (SSSR count). The third-order valence-electron chi connectivity index (χ3n) is 4.71. The van der Waals surface area contributed by atoms with Crippen LogP contribution in [0.3, 0.4) is 0 Å². The molecule has 0 aliphatic heterocycles. The van der Waals surface area contributed by atoms with Crippen LogP contribution in [-0.4, -0.2) is 14.9 Å². The predicted molar refractivity (Wildman–Crippen MR) is 116 cm³/mol. The van der Waals surface area contributed by atoms with E-state index in [-0.39, 0.29) is 11.6 Å². The second kappa shape index (κ2) is 10.1. The zero-order valence-corrected chi connectivity index (χ0v) is 17.3. The van der Waals surface area contributed by atoms with Gasteiger partial charge < -0.3 is 10.6 Å². The molecule has 0 aliphatic carbocycles. The van der Waals surface area contributed by atoms with Crippen LogP contribution in [0.1, 0.15) is 37.3 Å². The summed E-state index contributed by atoms with van der Waals surface area (Å²) in [5.41, 5.74) is 0.874. The van der Waals surface area contributed by atoms with Gasteiger partial charge in [-0.05, 0) is 42.7 Å². The Balaban J connectivity index is 1.80. The number of unbranched alkanes of at least 4 members (excludes halogenated alkanes) is 2. The molecule has 0 saturated heterocycles. The Kier molecular flexibility index (Phi) is 7.24. The van der Waals surface area contributed by atoms with Crippen molar-refractivity contribution in [1.82, 2.24) is 9.97 Å². The van der Waals surface area contributed by atoms with Gasteiger partial charge in [0.2, 0.25) is 5.95 Å². The second-order valence-corrected chi connectivity index (χ2v) is 7.16. The number of aromatic nitrogens is 2. The number of nitro groups is 1. The summed E-state index contributed by atoms with van der Waals surface area (Å²) in [4.78, 5) is 17.9. The molecule has 0 radical (unpaired) electrons. The second-order valence-electron chi connectivity index (χ2n) is 7.16. The van der Waals surface area contributed by atoms with E-state index in [4.69, 9.17) is 0 Å². The third-order valence-corrected chi connectivity index (χ3v) is 4.71. The van der Waals surface area contributed by atoms with Crippen LogP contribution in [-0.2, 0) is 12.6 Å². The topological polar surface area (TPSA) is 93.0 Å². The maximum atomic E-state index is 13.5. The summed E-state index contributed by atoms with van der Waals surface area (Å²) < 4.78 is 40.4. The molecule has 2 aromatic carbocycles. The number of nitro benzene ring substituents is 1. The number of halogens is 3. The van der Waals surface area contributed by atoms with E-state index >= 15 is 0 Å². The molecule has 0 unspecified atom stereocenters. The quantitative estimate of drug-likeness (QED) is 0.218. The van der Waals surface area contributed by atoms with Gasteiger partial charge in [0.1, 0.15) is 11.4 Å². The Labute approximate surface area is 182 Å². The van der Waals surface area contributed by atoms with Crippen LogP contribution in [0.2, 0.25) is 0 Å². The van der Waals surface area contributed by atoms with Crippen molar-refractivity contribution in [2.24, 2.45) is 0 Å². The molecule has 10 heteroatoms. The first-order valence-corrected chi connectivity index (χ1v) is 10.1. The molecular formula is C22H22F3N5O2. The molecule has 0 spiro atoms. The largest absolute Gasteiger partial charge is 0.421 e. The fourth-order valence-electron chi connectivity index (χ4n) is 3.01. The predicted octanol–water partition coefficient (Wildman–Crippen LogP) is 6.62. The van der Waals surface area contributed by atoms with Gasteiger partial charge in [0.15, 0.2) is 0 Å². The molecule has 0 amide bonds. The minimum Gasteiger partial charge on any atom is -0.340 e. The first kappa shape index (κ1) is 23.0. The highest BCUT2D eigenvalue weighted by molar-refractivity contribution is 5.63. The number of benzene rings is 2. The maximum Gasteiger partial charge on any atom is 0.421 e. The Morgan fingerprint density at radius 3 is 2.19 bits per heavy atom. The van der Waals surface area contributed by atoms with E-state index in [9.17, 15) is 23.3 Å². The van der Waals surface area contributed by atoms with Gasteiger partial charge in [-0.25, -0.2) is 4.98 Å². The van der Waals surface area contributed by atoms with Crippen LogP contribution >= 0.6 is 0 Å². The SMILES string of the molecule is CCCCCc1ccc(Nc2nc(Nc3ccc([N+](=O)[O-])cc3)ncc2C(F)(F)F)cc1. The number of non-ortho nitro benzene ring substituents is 1. The van der Waals surface area contributed by atoms with E-state index in [1.807, 2.05) is 12.1 Å². The van der Waals surface area contributed by atoms with Gasteiger partial charge in [0, 0.05) is 29.7 Å². The van der Waals surface area contributed by atoms with Crippen molar-refractivity contribution in [3.05, 3.63) is 76.0 Å². The van der Waals surface area contributed by atoms with Gasteiger partial charge in [0.05, 0.1) is 4.92 Å². The number of hydrogen-bond acceptors (Lipinski definition) is 6. The lowest BCUT2D eigenvalue weighted by Gasteiger charge is -2.15. The fraction of sp³-hybridized carbons (Fsp3) is 0.273. The molecule has 0 atom stereocenters. The van der Waals surface area contributed by atoms with Gasteiger partial charge in [0.25, 0.3) is 5.69 Å². The number of nitrogens with one attached hydrogen (secondary N) is 2. The molecule has 1 heterocycles. The zero-order valence-electron chi connectivity index (χ0n) is 17.3. The molecule has 3 aromatic rings. The van der Waals surface area contributed by atoms with Crippen LogP contribution in [0, 0.1) is 10.1 Å². The van der Waals surface area contributed by atoms with E-state index in [2.05, 4.69) is 27.5 Å². The Morgan fingerprint density at radius 2 is 1.59 bits per heavy atom. The van der Waals surface area contributed by atoms with Crippen LogP contribution in [0.4, 0.5) is 42.0 Å². The maximum absolute atomic E-state index is 13.5. The highest BCUT2D eigenvalue weighted by atomic mass is 19.4. The molecule has 2 N–H and O–H groups in total. The van der Waals surface area contributed by atoms with Crippen LogP contribution in [0.15, 0.2) is 54.7 Å². The lowest BCUT2D eigenvalue weighted by molar-refractivity contribution is -0.384. The van der Waals surface area contributed by atoms with Crippen molar-refractivity contribution >= 4 is 28.8 Å². The average molecular weight is 445 g/mol. The Bertz CT molecular complexity index is 1050. The van der Waals surface area contributed by atoms with Crippen molar-refractivity contribution in [2.45, 2.75) is 38.8 Å². The van der Waals surface area contributed by atoms with E-state index in [1.54, 1.807) is 12.1 Å². The summed E-state index contributed by atoms with van der Waals surface area (Å²) in [7, 11) is 0. The molecule has 0 aliphatic rings. The molecule has 32 heavy (non-hydrogen) atoms. The van der Waals surface area contributed by atoms with Crippen LogP contribution in [0.5, 0.6) is 0 Å². The third kappa shape index (κ3) is 6.16. The number of alkyl halides is 3. The smallest absolute Gasteiger partial charge is 0.340 e. The van der Waals surface area contributed by atoms with Crippen molar-refractivity contribution in [2.75, 3.05) is 10.6 Å². The first-order valence-electron chi connectivity index (χ1n) is 10.1. The van der Waals surface area contributed by atoms with Gasteiger partial charge in [-0.1, -0.05) is 31.9 Å². The summed E-state index contributed by atoms with van der Waals surface area (Å²) in [6.45, 7) is 2.12. The Morgan fingerprint density at radius 1 is 0.969 bits per heavy atom. The minimum atomic E-state index is -4.64. The van der Waals surface area contributed by atoms with E-state index < -0.39 is 22.5 Å². The highest BCUT2D eigenvalue weighted by Crippen LogP contribution is 2.35. The van der Waals surface area contributed by atoms with Gasteiger partial charge in [-0.3, -0.25) is 10.1 Å². The van der Waals surface area contributed by atoms with Crippen molar-refractivity contribution < 1.29 is 18.1 Å². The molecule has 7 nitrogen and oxygen atoms in total. The normalized spacial score (nSPS) is 11.2. The molecule has 168 valence electrons. The summed E-state index contributed by atoms with van der Waals surface area (Å²) >= 11 is 0. The summed E-state index contributed by atoms with van der Waals surface area (Å²) in [6, 6.07) is 12.6. The lowest BCUT2D eigenvalue weighted by atomic mass is 10.1. The highest BCUT2D eigenvalue weighted by Gasteiger charge is 2.35. The molecule has 1 aromatic heterocycles. The van der Waals surface area contributed by atoms with Crippen LogP contribution < -0.4 is 10.6 Å². The minimum absolute atomic E-state index is 0.0782. The first-order chi connectivity index (χ1) is 15.3. The molecule has 0 bridgehead atoms. The van der Waals surface area contributed by atoms with Gasteiger partial charge >= 0.3 is 6.18 Å². The van der Waals surface area contributed by atoms with Gasteiger partial charge in [-0.2, -0.15) is 18.2 Å². The number of aryl methyl sites for hydroxylation is 1. The van der Waals surface area contributed by atoms with Crippen molar-refractivity contribution in [1.29, 1.82) is 0 Å². The molecular weight excluding hydrogens is 423 g/mol. The average Bonchev–Trinajstić information content (AvgIpc) is 2.75. The fourth-order valence-corrected chi connectivity index (χ4v) is 3.01. The summed E-state index contributed by atoms with van der Waals surface area (Å²) in [6.07, 6.45) is 0.268. The van der Waals surface area contributed by atoms with E-state index in [1.165, 1.54) is 24.3 Å². The number of rotatable bonds is 9. The number of hydrogen-bond donors (Lipinski definition) is 2. The lowest BCUT2D eigenvalue weighted by Crippen LogP contribution is -2.12. The monoisotopic (exact) mass is 445 g/mol. The molecule has 0 saturated carbocycles. The number of nitrogens with zero attached hydrogens (tertiary/aromatic N) is 3. The van der Waals surface area contributed by atoms with Crippen LogP contribution in [0.25, 0.3) is 0 Å². The summed E-state index contributed by atoms with van der Waals surface area (Å²) in [5, 5.41) is 16.2. The standard InChI is InChI=1S/C22H22F3N5O2/c1-2-3-4-5-15-6-8-16(9-7-15)27-20-19(22(23,24)25)14-26-21(29-20)28-17-10-12-18(13-11-17)30(31)32/h6-14H,2-5H2,1H3,(H2,26,27,28,29). The zero-order chi connectivity index (χ0) is 23.1. The van der Waals surface area contributed by atoms with Crippen molar-refractivity contribution in [3.63, 3.8) is 0 Å². The Hall–Kier alpha value is -3.69. The van der Waals surface area contributed by atoms with E-state index in [0.717, 1.165) is 31.2 Å². The van der Waals surface area contributed by atoms with Gasteiger partial charge in [-0.15, -0.1) is 0 Å². The summed E-state index contributed by atoms with van der Waals surface area (Å²) in [5.74, 6) is -0.471. The van der Waals surface area contributed by atoms with E-state index in [0.29, 0.717) is 17.6 Å². The number of anilines is 4. The molecule has 0 fully saturated rings. The van der Waals surface area contributed by atoms with Crippen molar-refractivity contribution in [3.8, 4) is 0 Å².